The third kappa shape index (κ3) is 5.54. The number of aromatic nitrogens is 3. The van der Waals surface area contributed by atoms with E-state index in [2.05, 4.69) is 22.0 Å². The molecule has 10 heteroatoms. The first kappa shape index (κ1) is 21.3. The zero-order valence-corrected chi connectivity index (χ0v) is 17.1. The van der Waals surface area contributed by atoms with Crippen LogP contribution in [0, 0.1) is 5.82 Å². The van der Waals surface area contributed by atoms with Crippen LogP contribution < -0.4 is 11.1 Å². The summed E-state index contributed by atoms with van der Waals surface area (Å²) in [4.78, 5) is 24.8. The predicted molar refractivity (Wildman–Crippen MR) is 108 cm³/mol. The molecule has 3 N–H and O–H groups in total. The summed E-state index contributed by atoms with van der Waals surface area (Å²) in [6.45, 7) is 4.12. The van der Waals surface area contributed by atoms with E-state index >= 15 is 0 Å². The molecule has 2 aromatic rings. The number of benzene rings is 1. The molecular weight excluding hydrogens is 395 g/mol. The van der Waals surface area contributed by atoms with Gasteiger partial charge in [0.25, 0.3) is 0 Å². The van der Waals surface area contributed by atoms with E-state index in [4.69, 9.17) is 5.73 Å². The van der Waals surface area contributed by atoms with Crippen LogP contribution in [-0.4, -0.2) is 50.4 Å². The molecule has 1 unspecified atom stereocenters. The Morgan fingerprint density at radius 1 is 1.21 bits per heavy atom. The third-order valence-corrected chi connectivity index (χ3v) is 5.81. The summed E-state index contributed by atoms with van der Waals surface area (Å²) >= 11 is 1.35. The zero-order chi connectivity index (χ0) is 20.8. The van der Waals surface area contributed by atoms with Crippen molar-refractivity contribution in [3.8, 4) is 5.69 Å². The fraction of sp³-hybridized carbons (Fsp3) is 0.474. The molecule has 0 bridgehead atoms. The second kappa shape index (κ2) is 9.84. The molecule has 1 aromatic heterocycles. The van der Waals surface area contributed by atoms with Crippen LogP contribution in [0.4, 0.5) is 9.18 Å². The number of carbonyl (C=O) groups is 2. The van der Waals surface area contributed by atoms with Crippen molar-refractivity contribution in [3.63, 3.8) is 0 Å². The van der Waals surface area contributed by atoms with Crippen LogP contribution in [-0.2, 0) is 4.79 Å². The van der Waals surface area contributed by atoms with Gasteiger partial charge in [-0.3, -0.25) is 19.6 Å². The first-order valence-electron chi connectivity index (χ1n) is 9.63. The summed E-state index contributed by atoms with van der Waals surface area (Å²) in [5.74, 6) is 0.420. The Morgan fingerprint density at radius 2 is 1.90 bits per heavy atom. The Bertz CT molecular complexity index is 851. The fourth-order valence-corrected chi connectivity index (χ4v) is 4.28. The molecule has 1 saturated heterocycles. The van der Waals surface area contributed by atoms with E-state index < -0.39 is 11.9 Å². The van der Waals surface area contributed by atoms with E-state index in [0.29, 0.717) is 10.9 Å². The van der Waals surface area contributed by atoms with Crippen molar-refractivity contribution in [2.24, 2.45) is 5.73 Å². The number of nitrogens with one attached hydrogen (secondary N) is 1. The lowest BCUT2D eigenvalue weighted by Gasteiger charge is -2.31. The molecule has 0 aliphatic carbocycles. The molecule has 8 nitrogen and oxygen atoms in total. The van der Waals surface area contributed by atoms with Crippen molar-refractivity contribution in [3.05, 3.63) is 35.9 Å². The number of rotatable bonds is 7. The van der Waals surface area contributed by atoms with Crippen molar-refractivity contribution in [1.82, 2.24) is 25.0 Å². The van der Waals surface area contributed by atoms with Gasteiger partial charge in [0.2, 0.25) is 5.91 Å². The maximum atomic E-state index is 13.4. The van der Waals surface area contributed by atoms with Crippen molar-refractivity contribution in [1.29, 1.82) is 0 Å². The van der Waals surface area contributed by atoms with Gasteiger partial charge in [0, 0.05) is 17.9 Å². The van der Waals surface area contributed by atoms with E-state index in [1.807, 2.05) is 9.88 Å². The van der Waals surface area contributed by atoms with Crippen molar-refractivity contribution >= 4 is 23.7 Å². The summed E-state index contributed by atoms with van der Waals surface area (Å²) in [7, 11) is 0. The number of amides is 3. The molecule has 3 amide bonds. The highest BCUT2D eigenvalue weighted by atomic mass is 32.2. The fourth-order valence-electron chi connectivity index (χ4n) is 3.38. The standard InChI is InChI=1S/C19H25FN6O2S/c1-13(25-10-3-2-4-11-25)17-23-24-19(29-12-9-16(27)22-18(21)28)26(17)15-7-5-14(20)6-8-15/h5-8,13H,2-4,9-12H2,1H3,(H3,21,22,27,28). The Labute approximate surface area is 173 Å². The summed E-state index contributed by atoms with van der Waals surface area (Å²) < 4.78 is 15.4. The molecule has 1 aliphatic rings. The van der Waals surface area contributed by atoms with Crippen LogP contribution in [0.25, 0.3) is 5.69 Å². The van der Waals surface area contributed by atoms with Crippen molar-refractivity contribution in [2.45, 2.75) is 43.8 Å². The average molecular weight is 421 g/mol. The molecule has 29 heavy (non-hydrogen) atoms. The lowest BCUT2D eigenvalue weighted by molar-refractivity contribution is -0.119. The molecule has 1 atom stereocenters. The van der Waals surface area contributed by atoms with Gasteiger partial charge < -0.3 is 5.73 Å². The number of nitrogens with two attached hydrogens (primary N) is 1. The van der Waals surface area contributed by atoms with E-state index in [9.17, 15) is 14.0 Å². The third-order valence-electron chi connectivity index (χ3n) is 4.88. The predicted octanol–water partition coefficient (Wildman–Crippen LogP) is 2.63. The Morgan fingerprint density at radius 3 is 2.55 bits per heavy atom. The minimum atomic E-state index is -0.868. The number of imide groups is 1. The van der Waals surface area contributed by atoms with Crippen molar-refractivity contribution in [2.75, 3.05) is 18.8 Å². The molecule has 1 fully saturated rings. The normalized spacial score (nSPS) is 15.8. The first-order valence-corrected chi connectivity index (χ1v) is 10.6. The van der Waals surface area contributed by atoms with Gasteiger partial charge in [0.15, 0.2) is 11.0 Å². The van der Waals surface area contributed by atoms with Crippen LogP contribution in [0.3, 0.4) is 0 Å². The molecule has 0 spiro atoms. The van der Waals surface area contributed by atoms with E-state index in [1.165, 1.54) is 30.3 Å². The van der Waals surface area contributed by atoms with Gasteiger partial charge in [0.1, 0.15) is 5.82 Å². The molecular formula is C19H25FN6O2S. The molecule has 2 heterocycles. The molecule has 3 rings (SSSR count). The number of piperidine rings is 1. The summed E-state index contributed by atoms with van der Waals surface area (Å²) in [5, 5.41) is 11.4. The second-order valence-electron chi connectivity index (χ2n) is 6.94. The van der Waals surface area contributed by atoms with Gasteiger partial charge in [-0.25, -0.2) is 9.18 Å². The monoisotopic (exact) mass is 420 g/mol. The SMILES string of the molecule is CC(c1nnc(SCCC(=O)NC(N)=O)n1-c1ccc(F)cc1)N1CCCCC1. The maximum Gasteiger partial charge on any atom is 0.318 e. The number of halogens is 1. The number of primary amides is 1. The lowest BCUT2D eigenvalue weighted by atomic mass is 10.1. The number of urea groups is 1. The van der Waals surface area contributed by atoms with E-state index in [0.717, 1.165) is 37.4 Å². The highest BCUT2D eigenvalue weighted by Gasteiger charge is 2.25. The number of nitrogens with zero attached hydrogens (tertiary/aromatic N) is 4. The van der Waals surface area contributed by atoms with Gasteiger partial charge in [0.05, 0.1) is 6.04 Å². The Kier molecular flexibility index (Phi) is 7.21. The Balaban J connectivity index is 1.82. The highest BCUT2D eigenvalue weighted by molar-refractivity contribution is 7.99. The van der Waals surface area contributed by atoms with E-state index in [1.54, 1.807) is 12.1 Å². The first-order chi connectivity index (χ1) is 14.0. The number of carbonyl (C=O) groups excluding carboxylic acids is 2. The Hall–Kier alpha value is -2.46. The molecule has 0 radical (unpaired) electrons. The lowest BCUT2D eigenvalue weighted by Crippen LogP contribution is -2.35. The molecule has 1 aromatic carbocycles. The summed E-state index contributed by atoms with van der Waals surface area (Å²) in [5.41, 5.74) is 5.72. The van der Waals surface area contributed by atoms with Gasteiger partial charge in [-0.15, -0.1) is 10.2 Å². The van der Waals surface area contributed by atoms with Gasteiger partial charge in [-0.1, -0.05) is 18.2 Å². The van der Waals surface area contributed by atoms with Gasteiger partial charge in [-0.05, 0) is 57.1 Å². The number of hydrogen-bond acceptors (Lipinski definition) is 6. The molecule has 156 valence electrons. The van der Waals surface area contributed by atoms with Crippen LogP contribution in [0.15, 0.2) is 29.4 Å². The number of likely N-dealkylation sites (tertiary alicyclic amines) is 1. The zero-order valence-electron chi connectivity index (χ0n) is 16.3. The topological polar surface area (TPSA) is 106 Å². The van der Waals surface area contributed by atoms with Gasteiger partial charge in [-0.2, -0.15) is 0 Å². The quantitative estimate of drug-likeness (QED) is 0.667. The van der Waals surface area contributed by atoms with Crippen LogP contribution in [0.1, 0.15) is 44.5 Å². The molecule has 0 saturated carbocycles. The number of hydrogen-bond donors (Lipinski definition) is 2. The number of thioether (sulfide) groups is 1. The van der Waals surface area contributed by atoms with Crippen LogP contribution in [0.2, 0.25) is 0 Å². The van der Waals surface area contributed by atoms with E-state index in [-0.39, 0.29) is 18.3 Å². The smallest absolute Gasteiger partial charge is 0.318 e. The highest BCUT2D eigenvalue weighted by Crippen LogP contribution is 2.29. The largest absolute Gasteiger partial charge is 0.351 e. The summed E-state index contributed by atoms with van der Waals surface area (Å²) in [6, 6.07) is 5.37. The minimum absolute atomic E-state index is 0.0559. The van der Waals surface area contributed by atoms with Crippen LogP contribution in [0.5, 0.6) is 0 Å². The maximum absolute atomic E-state index is 13.4. The van der Waals surface area contributed by atoms with Gasteiger partial charge >= 0.3 is 6.03 Å². The molecule has 1 aliphatic heterocycles. The second-order valence-corrected chi connectivity index (χ2v) is 8.00. The average Bonchev–Trinajstić information content (AvgIpc) is 3.12. The van der Waals surface area contributed by atoms with Crippen molar-refractivity contribution < 1.29 is 14.0 Å². The summed E-state index contributed by atoms with van der Waals surface area (Å²) in [6.07, 6.45) is 3.67. The minimum Gasteiger partial charge on any atom is -0.351 e. The van der Waals surface area contributed by atoms with Crippen LogP contribution >= 0.6 is 11.8 Å².